The van der Waals surface area contributed by atoms with Crippen molar-refractivity contribution in [2.24, 2.45) is 0 Å². The fraction of sp³-hybridized carbons (Fsp3) is 0.276. The molecule has 0 bridgehead atoms. The highest BCUT2D eigenvalue weighted by Crippen LogP contribution is 2.40. The second-order valence-electron chi connectivity index (χ2n) is 9.94. The Hall–Kier alpha value is -4.11. The first-order valence-corrected chi connectivity index (χ1v) is 11.9. The summed E-state index contributed by atoms with van der Waals surface area (Å²) in [7, 11) is 0. The molecule has 4 aromatic rings. The monoisotopic (exact) mass is 464 g/mol. The number of nitriles is 1. The molecule has 2 aromatic heterocycles. The van der Waals surface area contributed by atoms with Crippen LogP contribution in [0.3, 0.4) is 0 Å². The van der Waals surface area contributed by atoms with Gasteiger partial charge in [-0.3, -0.25) is 4.40 Å². The molecular formula is C29H28N4O2. The minimum Gasteiger partial charge on any atom is -0.444 e. The summed E-state index contributed by atoms with van der Waals surface area (Å²) in [5.74, 6) is 0. The summed E-state index contributed by atoms with van der Waals surface area (Å²) in [5.41, 5.74) is 7.57. The predicted molar refractivity (Wildman–Crippen MR) is 138 cm³/mol. The first kappa shape index (κ1) is 22.7. The maximum absolute atomic E-state index is 12.4. The highest BCUT2D eigenvalue weighted by molar-refractivity contribution is 5.92. The van der Waals surface area contributed by atoms with Crippen molar-refractivity contribution < 1.29 is 9.53 Å². The van der Waals surface area contributed by atoms with Crippen molar-refractivity contribution in [1.29, 1.82) is 5.26 Å². The molecule has 2 aromatic carbocycles. The van der Waals surface area contributed by atoms with Crippen molar-refractivity contribution in [2.45, 2.75) is 52.2 Å². The molecule has 0 saturated carbocycles. The number of imidazole rings is 1. The van der Waals surface area contributed by atoms with E-state index in [-0.39, 0.29) is 6.04 Å². The Balaban J connectivity index is 1.74. The fourth-order valence-corrected chi connectivity index (χ4v) is 4.89. The Labute approximate surface area is 204 Å². The molecule has 1 amide bonds. The van der Waals surface area contributed by atoms with E-state index in [0.717, 1.165) is 51.8 Å². The number of rotatable bonds is 3. The van der Waals surface area contributed by atoms with Crippen molar-refractivity contribution in [3.05, 3.63) is 77.5 Å². The summed E-state index contributed by atoms with van der Waals surface area (Å²) in [6.07, 6.45) is 3.26. The number of allylic oxidation sites excluding steroid dienone is 1. The van der Waals surface area contributed by atoms with E-state index in [1.807, 2.05) is 70.2 Å². The average molecular weight is 465 g/mol. The van der Waals surface area contributed by atoms with Gasteiger partial charge in [-0.25, -0.2) is 9.78 Å². The molecule has 6 nitrogen and oxygen atoms in total. The summed E-state index contributed by atoms with van der Waals surface area (Å²) in [5, 5.41) is 13.1. The molecule has 1 aliphatic rings. The number of aromatic nitrogens is 2. The quantitative estimate of drug-likeness (QED) is 0.380. The van der Waals surface area contributed by atoms with Gasteiger partial charge in [0.2, 0.25) is 0 Å². The van der Waals surface area contributed by atoms with E-state index in [4.69, 9.17) is 9.72 Å². The molecule has 1 N–H and O–H groups in total. The predicted octanol–water partition coefficient (Wildman–Crippen LogP) is 6.41. The molecule has 2 heterocycles. The first-order chi connectivity index (χ1) is 16.8. The molecule has 1 atom stereocenters. The van der Waals surface area contributed by atoms with Crippen LogP contribution in [0.2, 0.25) is 0 Å². The van der Waals surface area contributed by atoms with Gasteiger partial charge >= 0.3 is 6.09 Å². The number of ether oxygens (including phenoxy) is 1. The summed E-state index contributed by atoms with van der Waals surface area (Å²) in [6.45, 7) is 7.56. The molecule has 1 aliphatic carbocycles. The zero-order valence-corrected chi connectivity index (χ0v) is 20.4. The first-order valence-electron chi connectivity index (χ1n) is 11.9. The lowest BCUT2D eigenvalue weighted by atomic mass is 9.92. The number of alkyl carbamates (subject to hydrolysis) is 1. The maximum Gasteiger partial charge on any atom is 0.408 e. The standard InChI is InChI=1S/C29H28N4O2/c1-18-22(17-30)27-32-23-12-8-9-13-24(23)33(27)26(25(18)19-10-6-5-7-11-19)20-14-15-21(16-20)31-28(34)35-29(2,3)4/h5-13,16,21H,14-15H2,1-4H3,(H,31,34). The maximum atomic E-state index is 12.4. The average Bonchev–Trinajstić information content (AvgIpc) is 3.42. The van der Waals surface area contributed by atoms with Gasteiger partial charge in [0.1, 0.15) is 11.7 Å². The molecule has 176 valence electrons. The number of amides is 1. The second-order valence-corrected chi connectivity index (χ2v) is 9.94. The van der Waals surface area contributed by atoms with Crippen LogP contribution in [0.25, 0.3) is 33.4 Å². The highest BCUT2D eigenvalue weighted by Gasteiger charge is 2.28. The molecule has 0 aliphatic heterocycles. The molecule has 5 rings (SSSR count). The topological polar surface area (TPSA) is 79.4 Å². The van der Waals surface area contributed by atoms with Gasteiger partial charge in [0, 0.05) is 5.56 Å². The van der Waals surface area contributed by atoms with Gasteiger partial charge in [-0.05, 0) is 69.4 Å². The van der Waals surface area contributed by atoms with Crippen LogP contribution in [0.15, 0.2) is 60.7 Å². The minimum absolute atomic E-state index is 0.135. The van der Waals surface area contributed by atoms with Crippen molar-refractivity contribution in [3.8, 4) is 17.2 Å². The number of carbonyl (C=O) groups excluding carboxylic acids is 1. The molecule has 0 fully saturated rings. The smallest absolute Gasteiger partial charge is 0.408 e. The van der Waals surface area contributed by atoms with Crippen LogP contribution in [0.1, 0.15) is 50.4 Å². The number of nitrogens with one attached hydrogen (secondary N) is 1. The summed E-state index contributed by atoms with van der Waals surface area (Å²) < 4.78 is 7.58. The van der Waals surface area contributed by atoms with Crippen LogP contribution in [0.5, 0.6) is 0 Å². The van der Waals surface area contributed by atoms with E-state index in [2.05, 4.69) is 34.0 Å². The van der Waals surface area contributed by atoms with E-state index in [1.54, 1.807) is 0 Å². The Morgan fingerprint density at radius 2 is 1.86 bits per heavy atom. The van der Waals surface area contributed by atoms with Gasteiger partial charge in [0.15, 0.2) is 5.65 Å². The lowest BCUT2D eigenvalue weighted by Crippen LogP contribution is -2.37. The number of pyridine rings is 1. The normalized spacial score (nSPS) is 15.7. The van der Waals surface area contributed by atoms with E-state index in [0.29, 0.717) is 11.2 Å². The Kier molecular flexibility index (Phi) is 5.56. The van der Waals surface area contributed by atoms with Crippen molar-refractivity contribution in [2.75, 3.05) is 0 Å². The summed E-state index contributed by atoms with van der Waals surface area (Å²) in [6, 6.07) is 20.4. The second kappa shape index (κ2) is 8.59. The van der Waals surface area contributed by atoms with Gasteiger partial charge < -0.3 is 10.1 Å². The molecule has 0 radical (unpaired) electrons. The molecule has 0 saturated heterocycles. The van der Waals surface area contributed by atoms with Gasteiger partial charge in [0.25, 0.3) is 0 Å². The van der Waals surface area contributed by atoms with Crippen molar-refractivity contribution >= 4 is 28.3 Å². The number of hydrogen-bond acceptors (Lipinski definition) is 4. The van der Waals surface area contributed by atoms with E-state index in [9.17, 15) is 10.1 Å². The van der Waals surface area contributed by atoms with Gasteiger partial charge in [-0.15, -0.1) is 0 Å². The van der Waals surface area contributed by atoms with Gasteiger partial charge in [-0.2, -0.15) is 5.26 Å². The number of hydrogen-bond donors (Lipinski definition) is 1. The zero-order chi connectivity index (χ0) is 24.7. The van der Waals surface area contributed by atoms with Crippen LogP contribution < -0.4 is 5.32 Å². The minimum atomic E-state index is -0.554. The SMILES string of the molecule is Cc1c(-c2ccccc2)c(C2=CC(NC(=O)OC(C)(C)C)CC2)n2c(nc3ccccc32)c1C#N. The fourth-order valence-electron chi connectivity index (χ4n) is 4.89. The van der Waals surface area contributed by atoms with Crippen LogP contribution in [0.4, 0.5) is 4.79 Å². The van der Waals surface area contributed by atoms with Gasteiger partial charge in [0.05, 0.1) is 28.3 Å². The van der Waals surface area contributed by atoms with Crippen LogP contribution in [-0.2, 0) is 4.74 Å². The third kappa shape index (κ3) is 4.15. The zero-order valence-electron chi connectivity index (χ0n) is 20.4. The number of carbonyl (C=O) groups is 1. The van der Waals surface area contributed by atoms with E-state index in [1.165, 1.54) is 0 Å². The third-order valence-electron chi connectivity index (χ3n) is 6.30. The lowest BCUT2D eigenvalue weighted by molar-refractivity contribution is 0.0514. The van der Waals surface area contributed by atoms with Gasteiger partial charge in [-0.1, -0.05) is 48.5 Å². The Bertz CT molecular complexity index is 1520. The summed E-state index contributed by atoms with van der Waals surface area (Å²) >= 11 is 0. The lowest BCUT2D eigenvalue weighted by Gasteiger charge is -2.21. The van der Waals surface area contributed by atoms with Crippen molar-refractivity contribution in [1.82, 2.24) is 14.7 Å². The Morgan fingerprint density at radius 3 is 2.57 bits per heavy atom. The Morgan fingerprint density at radius 1 is 1.14 bits per heavy atom. The third-order valence-corrected chi connectivity index (χ3v) is 6.30. The molecule has 1 unspecified atom stereocenters. The van der Waals surface area contributed by atoms with Crippen LogP contribution >= 0.6 is 0 Å². The van der Waals surface area contributed by atoms with E-state index < -0.39 is 11.7 Å². The number of benzene rings is 2. The molecular weight excluding hydrogens is 436 g/mol. The molecule has 35 heavy (non-hydrogen) atoms. The number of para-hydroxylation sites is 2. The van der Waals surface area contributed by atoms with Crippen molar-refractivity contribution in [3.63, 3.8) is 0 Å². The highest BCUT2D eigenvalue weighted by atomic mass is 16.6. The van der Waals surface area contributed by atoms with E-state index >= 15 is 0 Å². The largest absolute Gasteiger partial charge is 0.444 e. The molecule has 0 spiro atoms. The number of nitrogens with zero attached hydrogens (tertiary/aromatic N) is 3. The number of fused-ring (bicyclic) bond motifs is 3. The molecule has 6 heteroatoms. The summed E-state index contributed by atoms with van der Waals surface area (Å²) in [4.78, 5) is 17.3. The van der Waals surface area contributed by atoms with Crippen LogP contribution in [-0.4, -0.2) is 27.1 Å². The van der Waals surface area contributed by atoms with Crippen LogP contribution in [0, 0.1) is 18.3 Å².